The molecule has 100 valence electrons. The Morgan fingerprint density at radius 3 is 2.79 bits per heavy atom. The molecular formula is C12H11ClN2O3S. The van der Waals surface area contributed by atoms with Gasteiger partial charge in [-0.3, -0.25) is 10.1 Å². The van der Waals surface area contributed by atoms with Gasteiger partial charge in [-0.2, -0.15) is 0 Å². The van der Waals surface area contributed by atoms with Crippen molar-refractivity contribution >= 4 is 34.3 Å². The molecule has 0 spiro atoms. The third kappa shape index (κ3) is 3.36. The summed E-state index contributed by atoms with van der Waals surface area (Å²) < 4.78 is 5.67. The third-order valence-corrected chi connectivity index (χ3v) is 3.71. The van der Waals surface area contributed by atoms with Crippen LogP contribution in [0.3, 0.4) is 0 Å². The molecule has 0 unspecified atom stereocenters. The first-order valence-corrected chi connectivity index (χ1v) is 6.60. The van der Waals surface area contributed by atoms with Gasteiger partial charge in [0.25, 0.3) is 5.69 Å². The topological polar surface area (TPSA) is 64.4 Å². The summed E-state index contributed by atoms with van der Waals surface area (Å²) in [5.41, 5.74) is 0.442. The zero-order valence-electron chi connectivity index (χ0n) is 10.1. The van der Waals surface area contributed by atoms with Crippen LogP contribution < -0.4 is 10.1 Å². The number of nitrogens with one attached hydrogen (secondary N) is 1. The van der Waals surface area contributed by atoms with Gasteiger partial charge >= 0.3 is 0 Å². The Morgan fingerprint density at radius 2 is 2.21 bits per heavy atom. The van der Waals surface area contributed by atoms with E-state index >= 15 is 0 Å². The van der Waals surface area contributed by atoms with E-state index in [1.54, 1.807) is 18.2 Å². The molecular weight excluding hydrogens is 288 g/mol. The number of halogens is 1. The lowest BCUT2D eigenvalue weighted by molar-refractivity contribution is -0.384. The van der Waals surface area contributed by atoms with Crippen LogP contribution in [0.25, 0.3) is 0 Å². The lowest BCUT2D eigenvalue weighted by atomic mass is 10.2. The van der Waals surface area contributed by atoms with E-state index in [0.717, 1.165) is 4.88 Å². The molecule has 0 aliphatic carbocycles. The highest BCUT2D eigenvalue weighted by Crippen LogP contribution is 2.30. The van der Waals surface area contributed by atoms with Crippen molar-refractivity contribution in [3.63, 3.8) is 0 Å². The average Bonchev–Trinajstić information content (AvgIpc) is 2.82. The van der Waals surface area contributed by atoms with Crippen molar-refractivity contribution < 1.29 is 9.66 Å². The predicted molar refractivity (Wildman–Crippen MR) is 76.3 cm³/mol. The molecule has 0 amide bonds. The van der Waals surface area contributed by atoms with Gasteiger partial charge in [0, 0.05) is 11.4 Å². The maximum absolute atomic E-state index is 11.0. The van der Waals surface area contributed by atoms with Crippen LogP contribution >= 0.6 is 22.9 Å². The number of methoxy groups -OCH3 is 1. The molecule has 1 heterocycles. The number of hydrogen-bond donors (Lipinski definition) is 1. The molecule has 1 aromatic heterocycles. The summed E-state index contributed by atoms with van der Waals surface area (Å²) in [5, 5.41) is 14.0. The third-order valence-electron chi connectivity index (χ3n) is 2.48. The number of nitro groups is 1. The van der Waals surface area contributed by atoms with E-state index < -0.39 is 4.92 Å². The molecule has 1 N–H and O–H groups in total. The van der Waals surface area contributed by atoms with Crippen LogP contribution in [-0.2, 0) is 6.54 Å². The fourth-order valence-electron chi connectivity index (χ4n) is 1.57. The van der Waals surface area contributed by atoms with Gasteiger partial charge in [0.1, 0.15) is 11.4 Å². The van der Waals surface area contributed by atoms with E-state index in [9.17, 15) is 10.1 Å². The van der Waals surface area contributed by atoms with E-state index in [2.05, 4.69) is 5.32 Å². The minimum Gasteiger partial charge on any atom is -0.496 e. The normalized spacial score (nSPS) is 10.2. The van der Waals surface area contributed by atoms with Crippen molar-refractivity contribution in [3.05, 3.63) is 49.7 Å². The van der Waals surface area contributed by atoms with Crippen LogP contribution in [0.2, 0.25) is 4.34 Å². The molecule has 19 heavy (non-hydrogen) atoms. The van der Waals surface area contributed by atoms with Gasteiger partial charge in [-0.05, 0) is 24.3 Å². The van der Waals surface area contributed by atoms with Crippen LogP contribution in [-0.4, -0.2) is 12.0 Å². The lowest BCUT2D eigenvalue weighted by Crippen LogP contribution is -2.01. The Bertz CT molecular complexity index is 600. The Labute approximate surface area is 118 Å². The van der Waals surface area contributed by atoms with E-state index in [-0.39, 0.29) is 5.69 Å². The highest BCUT2D eigenvalue weighted by Gasteiger charge is 2.15. The van der Waals surface area contributed by atoms with Crippen LogP contribution in [0, 0.1) is 10.1 Å². The van der Waals surface area contributed by atoms with E-state index in [1.807, 2.05) is 6.07 Å². The van der Waals surface area contributed by atoms with Gasteiger partial charge in [0.05, 0.1) is 22.4 Å². The molecule has 0 aliphatic rings. The summed E-state index contributed by atoms with van der Waals surface area (Å²) in [6, 6.07) is 8.38. The minimum absolute atomic E-state index is 0.0120. The Hall–Kier alpha value is -1.79. The molecule has 1 aromatic carbocycles. The summed E-state index contributed by atoms with van der Waals surface area (Å²) in [6.07, 6.45) is 0. The first-order valence-electron chi connectivity index (χ1n) is 5.40. The van der Waals surface area contributed by atoms with Crippen LogP contribution in [0.1, 0.15) is 4.88 Å². The van der Waals surface area contributed by atoms with Crippen molar-refractivity contribution in [1.29, 1.82) is 0 Å². The quantitative estimate of drug-likeness (QED) is 0.671. The molecule has 0 saturated heterocycles. The van der Waals surface area contributed by atoms with Crippen LogP contribution in [0.4, 0.5) is 11.4 Å². The van der Waals surface area contributed by atoms with Gasteiger partial charge in [-0.25, -0.2) is 0 Å². The number of hydrogen-bond acceptors (Lipinski definition) is 5. The average molecular weight is 299 g/mol. The monoisotopic (exact) mass is 298 g/mol. The largest absolute Gasteiger partial charge is 0.496 e. The Balaban J connectivity index is 2.17. The standard InChI is InChI=1S/C12H11ClN2O3S/c1-18-8-2-4-10(11(6-8)15(16)17)14-7-9-3-5-12(13)19-9/h2-6,14H,7H2,1H3. The number of thiophene rings is 1. The number of rotatable bonds is 5. The summed E-state index contributed by atoms with van der Waals surface area (Å²) in [5.74, 6) is 0.455. The van der Waals surface area contributed by atoms with Gasteiger partial charge in [0.15, 0.2) is 0 Å². The fourth-order valence-corrected chi connectivity index (χ4v) is 2.60. The van der Waals surface area contributed by atoms with Gasteiger partial charge in [0.2, 0.25) is 0 Å². The molecule has 5 nitrogen and oxygen atoms in total. The number of anilines is 1. The van der Waals surface area contributed by atoms with E-state index in [1.165, 1.54) is 24.5 Å². The molecule has 0 saturated carbocycles. The molecule has 0 atom stereocenters. The number of nitrogens with zero attached hydrogens (tertiary/aromatic N) is 1. The second kappa shape index (κ2) is 5.90. The molecule has 7 heteroatoms. The first kappa shape index (κ1) is 13.6. The lowest BCUT2D eigenvalue weighted by Gasteiger charge is -2.07. The fraction of sp³-hybridized carbons (Fsp3) is 0.167. The van der Waals surface area contributed by atoms with Gasteiger partial charge in [-0.1, -0.05) is 11.6 Å². The van der Waals surface area contributed by atoms with E-state index in [4.69, 9.17) is 16.3 Å². The van der Waals surface area contributed by atoms with Crippen molar-refractivity contribution in [2.24, 2.45) is 0 Å². The number of nitro benzene ring substituents is 1. The molecule has 2 rings (SSSR count). The second-order valence-electron chi connectivity index (χ2n) is 3.70. The SMILES string of the molecule is COc1ccc(NCc2ccc(Cl)s2)c([N+](=O)[O-])c1. The molecule has 2 aromatic rings. The Kier molecular flexibility index (Phi) is 4.24. The van der Waals surface area contributed by atoms with Gasteiger partial charge in [-0.15, -0.1) is 11.3 Å². The van der Waals surface area contributed by atoms with Crippen LogP contribution in [0.5, 0.6) is 5.75 Å². The summed E-state index contributed by atoms with van der Waals surface area (Å²) in [4.78, 5) is 11.6. The van der Waals surface area contributed by atoms with Crippen molar-refractivity contribution in [1.82, 2.24) is 0 Å². The first-order chi connectivity index (χ1) is 9.10. The maximum Gasteiger partial charge on any atom is 0.296 e. The number of ether oxygens (including phenoxy) is 1. The minimum atomic E-state index is -0.438. The van der Waals surface area contributed by atoms with Crippen molar-refractivity contribution in [2.75, 3.05) is 12.4 Å². The molecule has 0 radical (unpaired) electrons. The smallest absolute Gasteiger partial charge is 0.296 e. The van der Waals surface area contributed by atoms with Crippen molar-refractivity contribution in [3.8, 4) is 5.75 Å². The maximum atomic E-state index is 11.0. The summed E-state index contributed by atoms with van der Waals surface area (Å²) in [6.45, 7) is 0.491. The highest BCUT2D eigenvalue weighted by atomic mass is 35.5. The van der Waals surface area contributed by atoms with E-state index in [0.29, 0.717) is 22.3 Å². The zero-order valence-corrected chi connectivity index (χ0v) is 11.6. The Morgan fingerprint density at radius 1 is 1.42 bits per heavy atom. The number of benzene rings is 1. The van der Waals surface area contributed by atoms with Crippen molar-refractivity contribution in [2.45, 2.75) is 6.54 Å². The van der Waals surface area contributed by atoms with Crippen LogP contribution in [0.15, 0.2) is 30.3 Å². The zero-order chi connectivity index (χ0) is 13.8. The van der Waals surface area contributed by atoms with Gasteiger partial charge < -0.3 is 10.1 Å². The molecule has 0 bridgehead atoms. The second-order valence-corrected chi connectivity index (χ2v) is 5.50. The highest BCUT2D eigenvalue weighted by molar-refractivity contribution is 7.16. The predicted octanol–water partition coefficient (Wildman–Crippen LogP) is 3.93. The summed E-state index contributed by atoms with van der Waals surface area (Å²) in [7, 11) is 1.47. The molecule has 0 fully saturated rings. The summed E-state index contributed by atoms with van der Waals surface area (Å²) >= 11 is 7.27. The molecule has 0 aliphatic heterocycles.